The molecule has 4 aromatic carbocycles. The van der Waals surface area contributed by atoms with Crippen molar-refractivity contribution in [1.29, 1.82) is 0 Å². The zero-order chi connectivity index (χ0) is 48.4. The highest BCUT2D eigenvalue weighted by Crippen LogP contribution is 2.44. The topological polar surface area (TPSA) is 144 Å². The van der Waals surface area contributed by atoms with E-state index in [0.717, 1.165) is 66.8 Å². The summed E-state index contributed by atoms with van der Waals surface area (Å²) in [6.07, 6.45) is 1.25. The molecule has 11 nitrogen and oxygen atoms in total. The van der Waals surface area contributed by atoms with Gasteiger partial charge in [0.2, 0.25) is 0 Å². The van der Waals surface area contributed by atoms with Crippen molar-refractivity contribution < 1.29 is 38.4 Å². The summed E-state index contributed by atoms with van der Waals surface area (Å²) in [6.45, 7) is 26.9. The van der Waals surface area contributed by atoms with E-state index in [-0.39, 0.29) is 59.0 Å². The molecule has 0 spiro atoms. The highest BCUT2D eigenvalue weighted by Gasteiger charge is 2.30. The van der Waals surface area contributed by atoms with Gasteiger partial charge in [-0.25, -0.2) is 4.79 Å². The second kappa shape index (κ2) is 19.7. The van der Waals surface area contributed by atoms with Crippen LogP contribution < -0.4 is 30.2 Å². The second-order valence-electron chi connectivity index (χ2n) is 22.1. The van der Waals surface area contributed by atoms with Gasteiger partial charge in [-0.15, -0.1) is 0 Å². The number of fused-ring (bicyclic) bond motifs is 2. The van der Waals surface area contributed by atoms with E-state index in [0.29, 0.717) is 69.1 Å². The van der Waals surface area contributed by atoms with Gasteiger partial charge in [0.1, 0.15) is 23.0 Å². The number of phenolic OH excluding ortho intramolecular Hbond substituents is 1. The van der Waals surface area contributed by atoms with E-state index in [1.165, 1.54) is 7.11 Å². The van der Waals surface area contributed by atoms with Crippen LogP contribution in [0, 0.1) is 0 Å². The lowest BCUT2D eigenvalue weighted by Gasteiger charge is -2.29. The summed E-state index contributed by atoms with van der Waals surface area (Å²) in [7, 11) is 1.34. The van der Waals surface area contributed by atoms with Crippen molar-refractivity contribution in [3.05, 3.63) is 115 Å². The number of carbonyl (C=O) groups excluding carboxylic acids is 3. The van der Waals surface area contributed by atoms with E-state index >= 15 is 0 Å². The van der Waals surface area contributed by atoms with Crippen molar-refractivity contribution in [2.45, 2.75) is 130 Å². The van der Waals surface area contributed by atoms with Crippen LogP contribution in [0.1, 0.15) is 150 Å². The minimum Gasteiger partial charge on any atom is -0.507 e. The molecule has 4 N–H and O–H groups in total. The monoisotopic (exact) mass is 904 g/mol. The number of methoxy groups -OCH3 is 1. The quantitative estimate of drug-likeness (QED) is 0.131. The number of esters is 1. The Bertz CT molecular complexity index is 2320. The first-order valence-corrected chi connectivity index (χ1v) is 23.3. The molecule has 0 aromatic heterocycles. The smallest absolute Gasteiger partial charge is 0.343 e. The van der Waals surface area contributed by atoms with Crippen LogP contribution in [0.2, 0.25) is 0 Å². The van der Waals surface area contributed by atoms with Gasteiger partial charge in [0.15, 0.2) is 19.8 Å². The van der Waals surface area contributed by atoms with Gasteiger partial charge in [-0.05, 0) is 88.4 Å². The van der Waals surface area contributed by atoms with Gasteiger partial charge < -0.3 is 40.0 Å². The third-order valence-corrected chi connectivity index (χ3v) is 12.5. The summed E-state index contributed by atoms with van der Waals surface area (Å²) in [5.74, 6) is 0.725. The zero-order valence-corrected chi connectivity index (χ0v) is 41.7. The molecule has 0 saturated carbocycles. The van der Waals surface area contributed by atoms with E-state index in [9.17, 15) is 19.5 Å². The molecule has 6 rings (SSSR count). The fraction of sp³-hybridized carbons (Fsp3) is 0.509. The molecule has 4 aromatic rings. The number of nitrogens with one attached hydrogen (secondary N) is 3. The summed E-state index contributed by atoms with van der Waals surface area (Å²) >= 11 is 0. The first kappa shape index (κ1) is 49.9. The maximum atomic E-state index is 13.5. The van der Waals surface area contributed by atoms with Gasteiger partial charge in [-0.3, -0.25) is 9.59 Å². The fourth-order valence-electron chi connectivity index (χ4n) is 8.46. The third kappa shape index (κ3) is 12.3. The zero-order valence-electron chi connectivity index (χ0n) is 41.7. The Morgan fingerprint density at radius 1 is 0.530 bits per heavy atom. The van der Waals surface area contributed by atoms with E-state index in [1.54, 1.807) is 0 Å². The normalized spacial score (nSPS) is 15.7. The van der Waals surface area contributed by atoms with Crippen LogP contribution in [0.3, 0.4) is 0 Å². The Morgan fingerprint density at radius 2 is 0.848 bits per heavy atom. The molecule has 0 saturated heterocycles. The van der Waals surface area contributed by atoms with Crippen LogP contribution in [0.15, 0.2) is 48.5 Å². The number of hydrogen-bond acceptors (Lipinski definition) is 9. The average Bonchev–Trinajstić information content (AvgIpc) is 3.21. The largest absolute Gasteiger partial charge is 0.507 e. The number of ether oxygens (including phenoxy) is 4. The molecule has 0 unspecified atom stereocenters. The molecule has 2 amide bonds. The number of aromatic hydroxyl groups is 1. The summed E-state index contributed by atoms with van der Waals surface area (Å²) in [4.78, 5) is 40.0. The van der Waals surface area contributed by atoms with Crippen molar-refractivity contribution in [3.8, 4) is 23.0 Å². The van der Waals surface area contributed by atoms with Gasteiger partial charge in [0, 0.05) is 51.9 Å². The van der Waals surface area contributed by atoms with Crippen LogP contribution in [-0.4, -0.2) is 76.0 Å². The number of rotatable bonds is 3. The molecule has 0 atom stereocenters. The predicted octanol–water partition coefficient (Wildman–Crippen LogP) is 8.40. The van der Waals surface area contributed by atoms with Gasteiger partial charge in [-0.2, -0.15) is 0 Å². The third-order valence-electron chi connectivity index (χ3n) is 12.5. The second-order valence-corrected chi connectivity index (χ2v) is 22.1. The van der Waals surface area contributed by atoms with Crippen LogP contribution in [0.4, 0.5) is 0 Å². The number of carbonyl (C=O) groups is 3. The molecule has 2 aliphatic rings. The van der Waals surface area contributed by atoms with E-state index in [4.69, 9.17) is 18.9 Å². The van der Waals surface area contributed by atoms with Crippen molar-refractivity contribution >= 4 is 17.8 Å². The van der Waals surface area contributed by atoms with E-state index in [2.05, 4.69) is 148 Å². The van der Waals surface area contributed by atoms with Crippen molar-refractivity contribution in [2.75, 3.05) is 53.1 Å². The first-order valence-electron chi connectivity index (χ1n) is 23.3. The molecule has 1 aliphatic carbocycles. The predicted molar refractivity (Wildman–Crippen MR) is 261 cm³/mol. The summed E-state index contributed by atoms with van der Waals surface area (Å²) in [6, 6.07) is 17.1. The van der Waals surface area contributed by atoms with Crippen LogP contribution in [-0.2, 0) is 66.5 Å². The standard InChI is InChI=1S/C55H73N3O8/c1-52(2,3)41-22-33-18-35-24-42(53(4,5)6)26-37-20-39-28-44(55(10,11)12)29-40(51(39)66-32-47(61)63-13)21-38-27-43(54(7,8)9)25-36(19-34(23-41)48(33)62)50(38)65-31-46(60)58-17-15-56-14-16-57-45(59)30-64-49(35)37/h22-29,56,62H,14-21,30-32H2,1-13H3,(H,57,59)(H,58,60). The van der Waals surface area contributed by atoms with Crippen LogP contribution in [0.25, 0.3) is 0 Å². The lowest BCUT2D eigenvalue weighted by molar-refractivity contribution is -0.143. The molecular formula is C55H73N3O8. The Morgan fingerprint density at radius 3 is 1.18 bits per heavy atom. The number of amides is 2. The Kier molecular flexibility index (Phi) is 14.9. The first-order chi connectivity index (χ1) is 30.8. The maximum absolute atomic E-state index is 13.5. The highest BCUT2D eigenvalue weighted by atomic mass is 16.6. The SMILES string of the molecule is COC(=O)COc1c2cc(C(C)(C)C)cc1Cc1cc(C(C)(C)C)cc3c1OCC(=O)NCCNCCNC(=O)COc1c(cc(C(C)(C)C)cc1C2)Cc1cc(C(C)(C)C)cc(c1O)C3. The molecule has 0 radical (unpaired) electrons. The minimum absolute atomic E-state index is 0.168. The van der Waals surface area contributed by atoms with E-state index < -0.39 is 5.97 Å². The fourth-order valence-corrected chi connectivity index (χ4v) is 8.46. The lowest BCUT2D eigenvalue weighted by Crippen LogP contribution is -2.38. The Balaban J connectivity index is 1.78. The molecule has 1 aliphatic heterocycles. The number of hydrogen-bond donors (Lipinski definition) is 4. The molecule has 356 valence electrons. The van der Waals surface area contributed by atoms with Gasteiger partial charge >= 0.3 is 5.97 Å². The number of benzene rings is 4. The highest BCUT2D eigenvalue weighted by molar-refractivity contribution is 5.78. The summed E-state index contributed by atoms with van der Waals surface area (Å²) < 4.78 is 25.1. The van der Waals surface area contributed by atoms with Gasteiger partial charge in [0.05, 0.1) is 7.11 Å². The Labute approximate surface area is 392 Å². The molecule has 10 bridgehead atoms. The Hall–Kier alpha value is -5.55. The number of phenols is 1. The van der Waals surface area contributed by atoms with Crippen molar-refractivity contribution in [1.82, 2.24) is 16.0 Å². The van der Waals surface area contributed by atoms with E-state index in [1.807, 2.05) is 0 Å². The van der Waals surface area contributed by atoms with Gasteiger partial charge in [-0.1, -0.05) is 132 Å². The van der Waals surface area contributed by atoms with Crippen LogP contribution in [0.5, 0.6) is 23.0 Å². The minimum atomic E-state index is -0.521. The average molecular weight is 904 g/mol. The summed E-state index contributed by atoms with van der Waals surface area (Å²) in [5, 5.41) is 21.8. The van der Waals surface area contributed by atoms with Crippen molar-refractivity contribution in [3.63, 3.8) is 0 Å². The van der Waals surface area contributed by atoms with Gasteiger partial charge in [0.25, 0.3) is 11.8 Å². The molecule has 0 fully saturated rings. The summed E-state index contributed by atoms with van der Waals surface area (Å²) in [5.41, 5.74) is 9.45. The molecule has 66 heavy (non-hydrogen) atoms. The van der Waals surface area contributed by atoms with Crippen LogP contribution >= 0.6 is 0 Å². The van der Waals surface area contributed by atoms with Crippen molar-refractivity contribution in [2.24, 2.45) is 0 Å². The molecule has 11 heteroatoms. The molecule has 1 heterocycles. The maximum Gasteiger partial charge on any atom is 0.343 e. The molecular weight excluding hydrogens is 831 g/mol. The lowest BCUT2D eigenvalue weighted by atomic mass is 9.79.